The van der Waals surface area contributed by atoms with Gasteiger partial charge in [-0.1, -0.05) is 29.8 Å². The van der Waals surface area contributed by atoms with E-state index in [4.69, 9.17) is 14.2 Å². The summed E-state index contributed by atoms with van der Waals surface area (Å²) in [5, 5.41) is 0. The van der Waals surface area contributed by atoms with Crippen LogP contribution in [0.15, 0.2) is 36.4 Å². The predicted molar refractivity (Wildman–Crippen MR) is 88.0 cm³/mol. The molecule has 3 saturated heterocycles. The lowest BCUT2D eigenvalue weighted by atomic mass is 9.77. The first-order chi connectivity index (χ1) is 12.1. The minimum atomic E-state index is -0.837. The Bertz CT molecular complexity index is 769. The quantitative estimate of drug-likeness (QED) is 0.458. The number of amides is 2. The van der Waals surface area contributed by atoms with Gasteiger partial charge in [0.05, 0.1) is 43.4 Å². The second kappa shape index (κ2) is 5.24. The smallest absolute Gasteiger partial charge is 0.241 e. The Kier molecular flexibility index (Phi) is 3.20. The van der Waals surface area contributed by atoms with E-state index in [9.17, 15) is 9.59 Å². The number of ether oxygens (including phenoxy) is 3. The molecule has 4 aliphatic rings. The van der Waals surface area contributed by atoms with Gasteiger partial charge in [0.15, 0.2) is 0 Å². The van der Waals surface area contributed by atoms with Crippen LogP contribution in [0.3, 0.4) is 0 Å². The van der Waals surface area contributed by atoms with E-state index in [1.54, 1.807) is 0 Å². The molecule has 1 aromatic carbocycles. The van der Waals surface area contributed by atoms with Crippen LogP contribution in [-0.4, -0.2) is 49.4 Å². The monoisotopic (exact) mass is 341 g/mol. The molecule has 2 amide bonds. The number of nitrogens with zero attached hydrogens (tertiary/aromatic N) is 1. The number of rotatable bonds is 5. The maximum Gasteiger partial charge on any atom is 0.241 e. The molecule has 6 heteroatoms. The molecular weight excluding hydrogens is 322 g/mol. The van der Waals surface area contributed by atoms with E-state index in [0.29, 0.717) is 12.3 Å². The van der Waals surface area contributed by atoms with Crippen LogP contribution < -0.4 is 4.90 Å². The summed E-state index contributed by atoms with van der Waals surface area (Å²) in [7, 11) is 0. The van der Waals surface area contributed by atoms with Crippen LogP contribution in [0.2, 0.25) is 0 Å². The van der Waals surface area contributed by atoms with E-state index in [0.717, 1.165) is 12.2 Å². The molecule has 0 unspecified atom stereocenters. The zero-order chi connectivity index (χ0) is 17.2. The molecular formula is C19H19NO5. The summed E-state index contributed by atoms with van der Waals surface area (Å²) in [6, 6.07) is 7.44. The zero-order valence-electron chi connectivity index (χ0n) is 13.9. The van der Waals surface area contributed by atoms with Gasteiger partial charge in [0.2, 0.25) is 11.8 Å². The number of fused-ring (bicyclic) bond motifs is 5. The predicted octanol–water partition coefficient (Wildman–Crippen LogP) is 1.22. The van der Waals surface area contributed by atoms with Gasteiger partial charge in [0.1, 0.15) is 11.7 Å². The number of epoxide rings is 1. The van der Waals surface area contributed by atoms with Crippen molar-refractivity contribution in [3.63, 3.8) is 0 Å². The lowest BCUT2D eigenvalue weighted by molar-refractivity contribution is -0.129. The number of benzene rings is 1. The minimum Gasteiger partial charge on any atom is -0.375 e. The van der Waals surface area contributed by atoms with Crippen molar-refractivity contribution in [3.05, 3.63) is 42.0 Å². The number of imide groups is 1. The summed E-state index contributed by atoms with van der Waals surface area (Å²) in [5.41, 5.74) is 0.869. The molecule has 0 spiro atoms. The third-order valence-electron chi connectivity index (χ3n) is 5.48. The maximum atomic E-state index is 13.1. The molecule has 0 saturated carbocycles. The largest absolute Gasteiger partial charge is 0.375 e. The fraction of sp³-hybridized carbons (Fsp3) is 0.474. The van der Waals surface area contributed by atoms with Crippen LogP contribution in [-0.2, 0) is 23.8 Å². The minimum absolute atomic E-state index is 0.153. The fourth-order valence-electron chi connectivity index (χ4n) is 4.13. The Morgan fingerprint density at radius 3 is 2.72 bits per heavy atom. The van der Waals surface area contributed by atoms with Crippen LogP contribution in [0.4, 0.5) is 5.69 Å². The summed E-state index contributed by atoms with van der Waals surface area (Å²) in [6.07, 6.45) is 3.59. The second-order valence-electron chi connectivity index (χ2n) is 7.22. The first-order valence-corrected chi connectivity index (χ1v) is 8.60. The molecule has 3 fully saturated rings. The Hall–Kier alpha value is -2.02. The maximum absolute atomic E-state index is 13.1. The van der Waals surface area contributed by atoms with E-state index in [2.05, 4.69) is 0 Å². The number of carbonyl (C=O) groups is 2. The van der Waals surface area contributed by atoms with Crippen molar-refractivity contribution in [3.8, 4) is 0 Å². The van der Waals surface area contributed by atoms with Crippen LogP contribution in [0.5, 0.6) is 0 Å². The normalized spacial score (nSPS) is 37.9. The lowest BCUT2D eigenvalue weighted by Gasteiger charge is -2.28. The van der Waals surface area contributed by atoms with Gasteiger partial charge in [-0.25, -0.2) is 4.90 Å². The molecule has 5 rings (SSSR count). The van der Waals surface area contributed by atoms with E-state index in [1.165, 1.54) is 4.90 Å². The number of hydrogen-bond donors (Lipinski definition) is 0. The Morgan fingerprint density at radius 1 is 1.24 bits per heavy atom. The highest BCUT2D eigenvalue weighted by Crippen LogP contribution is 2.52. The summed E-state index contributed by atoms with van der Waals surface area (Å²) in [4.78, 5) is 27.4. The summed E-state index contributed by atoms with van der Waals surface area (Å²) in [5.74, 6) is -1.35. The van der Waals surface area contributed by atoms with Crippen molar-refractivity contribution in [2.45, 2.75) is 24.7 Å². The van der Waals surface area contributed by atoms with Gasteiger partial charge in [0.25, 0.3) is 0 Å². The van der Waals surface area contributed by atoms with Crippen molar-refractivity contribution in [2.75, 3.05) is 24.7 Å². The van der Waals surface area contributed by atoms with E-state index in [-0.39, 0.29) is 30.6 Å². The van der Waals surface area contributed by atoms with Gasteiger partial charge >= 0.3 is 0 Å². The number of aryl methyl sites for hydroxylation is 1. The topological polar surface area (TPSA) is 68.4 Å². The van der Waals surface area contributed by atoms with Gasteiger partial charge in [-0.3, -0.25) is 9.59 Å². The molecule has 6 nitrogen and oxygen atoms in total. The molecule has 0 aliphatic carbocycles. The zero-order valence-corrected chi connectivity index (χ0v) is 13.9. The molecule has 0 N–H and O–H groups in total. The van der Waals surface area contributed by atoms with Gasteiger partial charge in [-0.2, -0.15) is 0 Å². The van der Waals surface area contributed by atoms with Crippen molar-refractivity contribution in [1.29, 1.82) is 0 Å². The third kappa shape index (κ3) is 2.21. The molecule has 4 aliphatic heterocycles. The van der Waals surface area contributed by atoms with Crippen molar-refractivity contribution < 1.29 is 23.8 Å². The van der Waals surface area contributed by atoms with E-state index in [1.807, 2.05) is 43.3 Å². The molecule has 25 heavy (non-hydrogen) atoms. The molecule has 1 aromatic rings. The van der Waals surface area contributed by atoms with E-state index >= 15 is 0 Å². The van der Waals surface area contributed by atoms with Crippen LogP contribution in [0, 0.1) is 18.8 Å². The Morgan fingerprint density at radius 2 is 2.00 bits per heavy atom. The SMILES string of the molecule is Cc1ccc(N2C(=O)[C@H]3[C@@H](C2=O)[C@]2(COC[C@H]4CO4)C=C[C@H]3O2)cc1. The van der Waals surface area contributed by atoms with Crippen molar-refractivity contribution in [2.24, 2.45) is 11.8 Å². The fourth-order valence-corrected chi connectivity index (χ4v) is 4.13. The average molecular weight is 341 g/mol. The molecule has 4 heterocycles. The van der Waals surface area contributed by atoms with Crippen molar-refractivity contribution >= 4 is 17.5 Å². The highest BCUT2D eigenvalue weighted by molar-refractivity contribution is 6.23. The van der Waals surface area contributed by atoms with Crippen LogP contribution >= 0.6 is 0 Å². The number of carbonyl (C=O) groups excluding carboxylic acids is 2. The molecule has 130 valence electrons. The molecule has 2 bridgehead atoms. The van der Waals surface area contributed by atoms with Gasteiger partial charge in [-0.15, -0.1) is 0 Å². The van der Waals surface area contributed by atoms with E-state index < -0.39 is 17.4 Å². The van der Waals surface area contributed by atoms with Crippen LogP contribution in [0.25, 0.3) is 0 Å². The molecule has 5 atom stereocenters. The van der Waals surface area contributed by atoms with Crippen LogP contribution in [0.1, 0.15) is 5.56 Å². The molecule has 0 aromatic heterocycles. The lowest BCUT2D eigenvalue weighted by Crippen LogP contribution is -2.44. The number of anilines is 1. The summed E-state index contributed by atoms with van der Waals surface area (Å²) in [6.45, 7) is 3.45. The van der Waals surface area contributed by atoms with Gasteiger partial charge in [0, 0.05) is 0 Å². The molecule has 0 radical (unpaired) electrons. The van der Waals surface area contributed by atoms with Gasteiger partial charge in [-0.05, 0) is 19.1 Å². The summed E-state index contributed by atoms with van der Waals surface area (Å²) < 4.78 is 16.9. The Balaban J connectivity index is 1.43. The first-order valence-electron chi connectivity index (χ1n) is 8.60. The third-order valence-corrected chi connectivity index (χ3v) is 5.48. The Labute approximate surface area is 145 Å². The highest BCUT2D eigenvalue weighted by Gasteiger charge is 2.67. The second-order valence-corrected chi connectivity index (χ2v) is 7.22. The number of hydrogen-bond acceptors (Lipinski definition) is 5. The standard InChI is InChI=1S/C19H19NO5/c1-11-2-4-12(5-3-11)20-17(21)15-14-6-7-19(25-14,16(15)18(20)22)10-23-8-13-9-24-13/h2-7,13-16H,8-10H2,1H3/t13-,14+,15+,16-,19+/m0/s1. The van der Waals surface area contributed by atoms with Crippen molar-refractivity contribution in [1.82, 2.24) is 0 Å². The average Bonchev–Trinajstić information content (AvgIpc) is 3.15. The first kappa shape index (κ1) is 15.3. The van der Waals surface area contributed by atoms with Gasteiger partial charge < -0.3 is 14.2 Å². The highest BCUT2D eigenvalue weighted by atomic mass is 16.6. The summed E-state index contributed by atoms with van der Waals surface area (Å²) >= 11 is 0.